The monoisotopic (exact) mass is 406 g/mol. The molecule has 2 heterocycles. The lowest BCUT2D eigenvalue weighted by Crippen LogP contribution is -2.27. The van der Waals surface area contributed by atoms with E-state index in [2.05, 4.69) is 53.8 Å². The number of fused-ring (bicyclic) bond motifs is 2. The molecule has 0 amide bonds. The van der Waals surface area contributed by atoms with Crippen LogP contribution >= 0.6 is 0 Å². The van der Waals surface area contributed by atoms with Gasteiger partial charge in [0.25, 0.3) is 0 Å². The number of hydrogen-bond donors (Lipinski definition) is 2. The number of nitrogens with one attached hydrogen (secondary N) is 2. The quantitative estimate of drug-likeness (QED) is 0.333. The van der Waals surface area contributed by atoms with Crippen LogP contribution in [0.15, 0.2) is 42.6 Å². The highest BCUT2D eigenvalue weighted by atomic mass is 19.1. The summed E-state index contributed by atoms with van der Waals surface area (Å²) in [6.45, 7) is 9.86. The van der Waals surface area contributed by atoms with Gasteiger partial charge in [-0.05, 0) is 67.7 Å². The molecule has 1 unspecified atom stereocenters. The molecular weight excluding hydrogens is 375 g/mol. The molecule has 0 bridgehead atoms. The summed E-state index contributed by atoms with van der Waals surface area (Å²) in [6, 6.07) is 11.2. The summed E-state index contributed by atoms with van der Waals surface area (Å²) in [5.74, 6) is 1.54. The molecule has 2 N–H and O–H groups in total. The number of halogens is 1. The van der Waals surface area contributed by atoms with Crippen LogP contribution in [0, 0.1) is 11.7 Å². The lowest BCUT2D eigenvalue weighted by molar-refractivity contribution is 0.241. The topological polar surface area (TPSA) is 47.7 Å². The SMILES string of the molecule is CCCN(CCC(C)CC)Cc1nc2ccc(-c3c[nH]c4cc(F)ccc34)cc2[nH]1. The van der Waals surface area contributed by atoms with Gasteiger partial charge in [-0.2, -0.15) is 0 Å². The molecule has 4 nitrogen and oxygen atoms in total. The standard InChI is InChI=1S/C25H31FN4/c1-4-11-30(12-10-17(3)5-2)16-25-28-22-9-6-18(13-24(22)29-25)21-15-27-23-14-19(26)7-8-20(21)23/h6-9,13-15,17,27H,4-5,10-12,16H2,1-3H3,(H,28,29). The first kappa shape index (κ1) is 20.6. The Morgan fingerprint density at radius 3 is 2.73 bits per heavy atom. The summed E-state index contributed by atoms with van der Waals surface area (Å²) >= 11 is 0. The minimum absolute atomic E-state index is 0.227. The second kappa shape index (κ2) is 9.00. The first-order valence-electron chi connectivity index (χ1n) is 11.0. The summed E-state index contributed by atoms with van der Waals surface area (Å²) in [7, 11) is 0. The van der Waals surface area contributed by atoms with Gasteiger partial charge in [-0.15, -0.1) is 0 Å². The Labute approximate surface area is 177 Å². The van der Waals surface area contributed by atoms with Crippen LogP contribution in [0.4, 0.5) is 4.39 Å². The molecule has 0 saturated carbocycles. The Morgan fingerprint density at radius 1 is 1.07 bits per heavy atom. The van der Waals surface area contributed by atoms with E-state index in [4.69, 9.17) is 4.98 Å². The van der Waals surface area contributed by atoms with Crippen LogP contribution in [0.1, 0.15) is 45.9 Å². The number of rotatable bonds is 9. The van der Waals surface area contributed by atoms with Crippen LogP contribution in [0.5, 0.6) is 0 Å². The fraction of sp³-hybridized carbons (Fsp3) is 0.400. The van der Waals surface area contributed by atoms with Crippen LogP contribution in [0.2, 0.25) is 0 Å². The minimum atomic E-state index is -0.227. The van der Waals surface area contributed by atoms with E-state index in [9.17, 15) is 4.39 Å². The maximum atomic E-state index is 13.5. The van der Waals surface area contributed by atoms with E-state index in [-0.39, 0.29) is 5.82 Å². The molecule has 0 aliphatic rings. The second-order valence-corrected chi connectivity index (χ2v) is 8.39. The molecule has 0 aliphatic heterocycles. The third kappa shape index (κ3) is 4.41. The summed E-state index contributed by atoms with van der Waals surface area (Å²) in [6.07, 6.45) is 5.54. The molecule has 4 aromatic rings. The first-order valence-corrected chi connectivity index (χ1v) is 11.0. The zero-order valence-electron chi connectivity index (χ0n) is 18.1. The molecule has 2 aromatic heterocycles. The summed E-state index contributed by atoms with van der Waals surface area (Å²) in [5.41, 5.74) is 5.00. The van der Waals surface area contributed by atoms with Crippen LogP contribution in [0.25, 0.3) is 33.1 Å². The third-order valence-corrected chi connectivity index (χ3v) is 6.03. The van der Waals surface area contributed by atoms with E-state index in [0.717, 1.165) is 70.9 Å². The van der Waals surface area contributed by atoms with E-state index >= 15 is 0 Å². The largest absolute Gasteiger partial charge is 0.360 e. The van der Waals surface area contributed by atoms with Crippen LogP contribution in [0.3, 0.4) is 0 Å². The molecule has 0 saturated heterocycles. The van der Waals surface area contributed by atoms with Crippen molar-refractivity contribution in [2.75, 3.05) is 13.1 Å². The van der Waals surface area contributed by atoms with Crippen molar-refractivity contribution in [3.63, 3.8) is 0 Å². The predicted octanol–water partition coefficient (Wildman–Crippen LogP) is 6.50. The summed E-state index contributed by atoms with van der Waals surface area (Å²) in [5, 5.41) is 1.02. The lowest BCUT2D eigenvalue weighted by atomic mass is 10.0. The van der Waals surface area contributed by atoms with E-state index < -0.39 is 0 Å². The van der Waals surface area contributed by atoms with Gasteiger partial charge in [0, 0.05) is 22.7 Å². The van der Waals surface area contributed by atoms with Gasteiger partial charge in [-0.25, -0.2) is 9.37 Å². The number of hydrogen-bond acceptors (Lipinski definition) is 2. The van der Waals surface area contributed by atoms with E-state index in [1.54, 1.807) is 0 Å². The Balaban J connectivity index is 1.57. The number of aromatic nitrogens is 3. The predicted molar refractivity (Wildman–Crippen MR) is 123 cm³/mol. The Hall–Kier alpha value is -2.66. The Kier molecular flexibility index (Phi) is 6.18. The van der Waals surface area contributed by atoms with Gasteiger partial charge in [0.1, 0.15) is 11.6 Å². The van der Waals surface area contributed by atoms with Crippen molar-refractivity contribution in [3.05, 3.63) is 54.2 Å². The van der Waals surface area contributed by atoms with Gasteiger partial charge in [0.2, 0.25) is 0 Å². The van der Waals surface area contributed by atoms with Crippen molar-refractivity contribution in [1.82, 2.24) is 19.9 Å². The number of H-pyrrole nitrogens is 2. The maximum Gasteiger partial charge on any atom is 0.125 e. The average Bonchev–Trinajstić information content (AvgIpc) is 3.34. The van der Waals surface area contributed by atoms with E-state index in [1.807, 2.05) is 12.3 Å². The number of nitrogens with zero attached hydrogens (tertiary/aromatic N) is 2. The molecule has 158 valence electrons. The van der Waals surface area contributed by atoms with Crippen LogP contribution < -0.4 is 0 Å². The van der Waals surface area contributed by atoms with Gasteiger partial charge >= 0.3 is 0 Å². The van der Waals surface area contributed by atoms with Crippen LogP contribution in [-0.4, -0.2) is 32.9 Å². The molecule has 30 heavy (non-hydrogen) atoms. The van der Waals surface area contributed by atoms with E-state index in [0.29, 0.717) is 0 Å². The average molecular weight is 407 g/mol. The second-order valence-electron chi connectivity index (χ2n) is 8.39. The van der Waals surface area contributed by atoms with Crippen molar-refractivity contribution in [3.8, 4) is 11.1 Å². The summed E-state index contributed by atoms with van der Waals surface area (Å²) in [4.78, 5) is 14.0. The molecule has 5 heteroatoms. The molecule has 1 atom stereocenters. The number of aromatic amines is 2. The first-order chi connectivity index (χ1) is 14.6. The fourth-order valence-corrected chi connectivity index (χ4v) is 4.05. The van der Waals surface area contributed by atoms with Gasteiger partial charge in [0.15, 0.2) is 0 Å². The zero-order valence-corrected chi connectivity index (χ0v) is 18.1. The van der Waals surface area contributed by atoms with Gasteiger partial charge in [-0.3, -0.25) is 4.90 Å². The molecule has 0 radical (unpaired) electrons. The maximum absolute atomic E-state index is 13.5. The normalized spacial score (nSPS) is 13.0. The van der Waals surface area contributed by atoms with Crippen molar-refractivity contribution in [2.24, 2.45) is 5.92 Å². The highest BCUT2D eigenvalue weighted by molar-refractivity contribution is 5.97. The minimum Gasteiger partial charge on any atom is -0.360 e. The third-order valence-electron chi connectivity index (χ3n) is 6.03. The van der Waals surface area contributed by atoms with Gasteiger partial charge in [0.05, 0.1) is 17.6 Å². The number of benzene rings is 2. The smallest absolute Gasteiger partial charge is 0.125 e. The highest BCUT2D eigenvalue weighted by Gasteiger charge is 2.12. The van der Waals surface area contributed by atoms with Crippen molar-refractivity contribution in [2.45, 2.75) is 46.6 Å². The Morgan fingerprint density at radius 2 is 1.93 bits per heavy atom. The molecular formula is C25H31FN4. The van der Waals surface area contributed by atoms with Crippen molar-refractivity contribution < 1.29 is 4.39 Å². The lowest BCUT2D eigenvalue weighted by Gasteiger charge is -2.22. The van der Waals surface area contributed by atoms with Crippen molar-refractivity contribution in [1.29, 1.82) is 0 Å². The Bertz CT molecular complexity index is 1130. The molecule has 0 fully saturated rings. The van der Waals surface area contributed by atoms with Crippen molar-refractivity contribution >= 4 is 21.9 Å². The van der Waals surface area contributed by atoms with Gasteiger partial charge in [-0.1, -0.05) is 33.3 Å². The number of imidazole rings is 1. The van der Waals surface area contributed by atoms with E-state index in [1.165, 1.54) is 25.0 Å². The zero-order chi connectivity index (χ0) is 21.1. The van der Waals surface area contributed by atoms with Crippen LogP contribution in [-0.2, 0) is 6.54 Å². The van der Waals surface area contributed by atoms with Gasteiger partial charge < -0.3 is 9.97 Å². The highest BCUT2D eigenvalue weighted by Crippen LogP contribution is 2.30. The molecule has 0 aliphatic carbocycles. The molecule has 2 aromatic carbocycles. The fourth-order valence-electron chi connectivity index (χ4n) is 4.05. The summed E-state index contributed by atoms with van der Waals surface area (Å²) < 4.78 is 13.5. The molecule has 4 rings (SSSR count). The molecule has 0 spiro atoms.